The fourth-order valence-corrected chi connectivity index (χ4v) is 3.00. The average Bonchev–Trinajstić information content (AvgIpc) is 3.32. The minimum absolute atomic E-state index is 0.0465. The molecule has 0 aromatic carbocycles. The van der Waals surface area contributed by atoms with E-state index in [0.717, 1.165) is 22.7 Å². The van der Waals surface area contributed by atoms with Gasteiger partial charge in [-0.05, 0) is 42.1 Å². The van der Waals surface area contributed by atoms with E-state index in [1.807, 2.05) is 52.7 Å². The maximum absolute atomic E-state index is 12.3. The average molecular weight is 330 g/mol. The third-order valence-electron chi connectivity index (χ3n) is 3.31. The Labute approximate surface area is 138 Å². The van der Waals surface area contributed by atoms with Crippen LogP contribution in [-0.4, -0.2) is 23.6 Å². The second-order valence-corrected chi connectivity index (χ2v) is 5.88. The molecule has 0 aliphatic heterocycles. The van der Waals surface area contributed by atoms with Gasteiger partial charge in [0.05, 0.1) is 12.0 Å². The molecule has 0 unspecified atom stereocenters. The first-order chi connectivity index (χ1) is 11.3. The van der Waals surface area contributed by atoms with Crippen LogP contribution < -0.4 is 5.32 Å². The van der Waals surface area contributed by atoms with E-state index in [1.54, 1.807) is 6.26 Å². The first kappa shape index (κ1) is 15.6. The Bertz CT molecular complexity index is 717. The zero-order valence-electron chi connectivity index (χ0n) is 12.6. The van der Waals surface area contributed by atoms with Crippen molar-refractivity contribution in [2.75, 3.05) is 13.2 Å². The summed E-state index contributed by atoms with van der Waals surface area (Å²) in [6.45, 7) is 1.62. The summed E-state index contributed by atoms with van der Waals surface area (Å²) in [6, 6.07) is 9.54. The first-order valence-electron chi connectivity index (χ1n) is 7.44. The van der Waals surface area contributed by atoms with E-state index >= 15 is 0 Å². The van der Waals surface area contributed by atoms with Crippen molar-refractivity contribution in [1.82, 2.24) is 9.88 Å². The van der Waals surface area contributed by atoms with E-state index in [0.29, 0.717) is 19.8 Å². The number of furan rings is 1. The fourth-order valence-electron chi connectivity index (χ4n) is 2.19. The summed E-state index contributed by atoms with van der Waals surface area (Å²) >= 11 is 1.45. The Hall–Kier alpha value is -2.31. The minimum Gasteiger partial charge on any atom is -0.467 e. The number of rotatable bonds is 8. The van der Waals surface area contributed by atoms with E-state index in [4.69, 9.17) is 9.15 Å². The Balaban J connectivity index is 1.41. The predicted molar refractivity (Wildman–Crippen MR) is 89.0 cm³/mol. The lowest BCUT2D eigenvalue weighted by molar-refractivity contribution is 0.0920. The zero-order valence-corrected chi connectivity index (χ0v) is 13.4. The molecule has 120 valence electrons. The van der Waals surface area contributed by atoms with E-state index < -0.39 is 0 Å². The number of hydrogen-bond acceptors (Lipinski definition) is 4. The third kappa shape index (κ3) is 4.12. The first-order valence-corrected chi connectivity index (χ1v) is 8.32. The van der Waals surface area contributed by atoms with Crippen LogP contribution in [0.15, 0.2) is 58.8 Å². The highest BCUT2D eigenvalue weighted by atomic mass is 32.1. The molecule has 0 atom stereocenters. The molecule has 0 radical (unpaired) electrons. The predicted octanol–water partition coefficient (Wildman–Crippen LogP) is 3.47. The Morgan fingerprint density at radius 1 is 1.26 bits per heavy atom. The molecule has 6 heteroatoms. The van der Waals surface area contributed by atoms with Gasteiger partial charge in [0.15, 0.2) is 0 Å². The van der Waals surface area contributed by atoms with Crippen LogP contribution >= 0.6 is 11.3 Å². The van der Waals surface area contributed by atoms with Crippen molar-refractivity contribution >= 4 is 17.2 Å². The highest BCUT2D eigenvalue weighted by Crippen LogP contribution is 2.21. The van der Waals surface area contributed by atoms with Gasteiger partial charge in [-0.15, -0.1) is 11.3 Å². The lowest BCUT2D eigenvalue weighted by atomic mass is 10.3. The molecule has 5 nitrogen and oxygen atoms in total. The minimum atomic E-state index is -0.0465. The number of ether oxygens (including phenoxy) is 1. The Kier molecular flexibility index (Phi) is 5.29. The number of nitrogens with zero attached hydrogens (tertiary/aromatic N) is 1. The number of carbonyl (C=O) groups excluding carboxylic acids is 1. The summed E-state index contributed by atoms with van der Waals surface area (Å²) in [5.74, 6) is 0.763. The number of hydrogen-bond donors (Lipinski definition) is 1. The molecule has 0 spiro atoms. The molecular formula is C17H18N2O3S. The summed E-state index contributed by atoms with van der Waals surface area (Å²) < 4.78 is 12.6. The summed E-state index contributed by atoms with van der Waals surface area (Å²) in [6.07, 6.45) is 6.25. The van der Waals surface area contributed by atoms with Gasteiger partial charge >= 0.3 is 0 Å². The van der Waals surface area contributed by atoms with Gasteiger partial charge in [-0.25, -0.2) is 0 Å². The van der Waals surface area contributed by atoms with Gasteiger partial charge in [-0.3, -0.25) is 4.79 Å². The summed E-state index contributed by atoms with van der Waals surface area (Å²) in [4.78, 5) is 13.0. The van der Waals surface area contributed by atoms with Crippen molar-refractivity contribution in [1.29, 1.82) is 0 Å². The molecule has 1 amide bonds. The zero-order chi connectivity index (χ0) is 15.9. The van der Waals surface area contributed by atoms with Crippen molar-refractivity contribution in [3.63, 3.8) is 0 Å². The van der Waals surface area contributed by atoms with Crippen LogP contribution in [0.25, 0.3) is 5.69 Å². The molecule has 0 saturated heterocycles. The van der Waals surface area contributed by atoms with Crippen molar-refractivity contribution in [2.24, 2.45) is 0 Å². The molecule has 0 bridgehead atoms. The maximum Gasteiger partial charge on any atom is 0.263 e. The molecule has 3 aromatic heterocycles. The topological polar surface area (TPSA) is 56.4 Å². The van der Waals surface area contributed by atoms with E-state index in [1.165, 1.54) is 11.3 Å². The van der Waals surface area contributed by atoms with Crippen LogP contribution in [-0.2, 0) is 11.3 Å². The third-order valence-corrected chi connectivity index (χ3v) is 4.21. The molecule has 3 aromatic rings. The largest absolute Gasteiger partial charge is 0.467 e. The van der Waals surface area contributed by atoms with E-state index in [2.05, 4.69) is 5.32 Å². The van der Waals surface area contributed by atoms with Crippen LogP contribution in [0.1, 0.15) is 21.9 Å². The number of nitrogens with one attached hydrogen (secondary N) is 1. The molecule has 0 aliphatic carbocycles. The second kappa shape index (κ2) is 7.80. The van der Waals surface area contributed by atoms with Crippen molar-refractivity contribution < 1.29 is 13.9 Å². The highest BCUT2D eigenvalue weighted by Gasteiger charge is 2.13. The van der Waals surface area contributed by atoms with Gasteiger partial charge < -0.3 is 19.0 Å². The Morgan fingerprint density at radius 2 is 2.13 bits per heavy atom. The lowest BCUT2D eigenvalue weighted by Gasteiger charge is -2.07. The molecule has 1 N–H and O–H groups in total. The van der Waals surface area contributed by atoms with E-state index in [9.17, 15) is 4.79 Å². The van der Waals surface area contributed by atoms with Crippen LogP contribution in [0.5, 0.6) is 0 Å². The number of amides is 1. The molecular weight excluding hydrogens is 312 g/mol. The van der Waals surface area contributed by atoms with Crippen molar-refractivity contribution in [2.45, 2.75) is 13.0 Å². The summed E-state index contributed by atoms with van der Waals surface area (Å²) in [5.41, 5.74) is 0.909. The SMILES string of the molecule is O=C(NCCCOCc1ccco1)c1sccc1-n1cccc1. The van der Waals surface area contributed by atoms with Crippen LogP contribution in [0.4, 0.5) is 0 Å². The maximum atomic E-state index is 12.3. The van der Waals surface area contributed by atoms with Crippen LogP contribution in [0.3, 0.4) is 0 Å². The van der Waals surface area contributed by atoms with Crippen LogP contribution in [0, 0.1) is 0 Å². The van der Waals surface area contributed by atoms with Gasteiger partial charge in [-0.1, -0.05) is 0 Å². The van der Waals surface area contributed by atoms with Gasteiger partial charge in [0.25, 0.3) is 5.91 Å². The Morgan fingerprint density at radius 3 is 2.91 bits per heavy atom. The van der Waals surface area contributed by atoms with Gasteiger partial charge in [0.2, 0.25) is 0 Å². The van der Waals surface area contributed by atoms with E-state index in [-0.39, 0.29) is 5.91 Å². The normalized spacial score (nSPS) is 10.8. The molecule has 0 saturated carbocycles. The summed E-state index contributed by atoms with van der Waals surface area (Å²) in [5, 5.41) is 4.86. The monoisotopic (exact) mass is 330 g/mol. The van der Waals surface area contributed by atoms with Crippen LogP contribution in [0.2, 0.25) is 0 Å². The fraction of sp³-hybridized carbons (Fsp3) is 0.235. The quantitative estimate of drug-likeness (QED) is 0.644. The molecule has 0 fully saturated rings. The van der Waals surface area contributed by atoms with Gasteiger partial charge in [-0.2, -0.15) is 0 Å². The van der Waals surface area contributed by atoms with Crippen molar-refractivity contribution in [3.8, 4) is 5.69 Å². The summed E-state index contributed by atoms with van der Waals surface area (Å²) in [7, 11) is 0. The number of aromatic nitrogens is 1. The smallest absolute Gasteiger partial charge is 0.263 e. The van der Waals surface area contributed by atoms with Gasteiger partial charge in [0.1, 0.15) is 17.2 Å². The molecule has 0 aliphatic rings. The molecule has 3 heterocycles. The molecule has 23 heavy (non-hydrogen) atoms. The van der Waals surface area contributed by atoms with Gasteiger partial charge in [0, 0.05) is 25.5 Å². The highest BCUT2D eigenvalue weighted by molar-refractivity contribution is 7.12. The lowest BCUT2D eigenvalue weighted by Crippen LogP contribution is -2.25. The standard InChI is InChI=1S/C17H18N2O3S/c20-17(16-15(6-12-23-16)19-8-1-2-9-19)18-7-4-10-21-13-14-5-3-11-22-14/h1-3,5-6,8-9,11-12H,4,7,10,13H2,(H,18,20). The van der Waals surface area contributed by atoms with Crippen molar-refractivity contribution in [3.05, 3.63) is 65.0 Å². The number of carbonyl (C=O) groups is 1. The second-order valence-electron chi connectivity index (χ2n) is 4.97. The number of thiophene rings is 1. The molecule has 3 rings (SSSR count).